The molecule has 13 heavy (non-hydrogen) atoms. The fraction of sp³-hybridized carbons (Fsp3) is 0.833. The van der Waals surface area contributed by atoms with Gasteiger partial charge in [-0.05, 0) is 32.1 Å². The molecule has 0 saturated heterocycles. The largest absolute Gasteiger partial charge is 0.237 e. The van der Waals surface area contributed by atoms with Gasteiger partial charge in [-0.2, -0.15) is 0 Å². The second-order valence-electron chi connectivity index (χ2n) is 3.52. The molecule has 1 nitrogen and oxygen atoms in total. The molecular formula is C12H23O. The van der Waals surface area contributed by atoms with E-state index in [0.717, 1.165) is 19.3 Å². The summed E-state index contributed by atoms with van der Waals surface area (Å²) in [5, 5.41) is 10.1. The highest BCUT2D eigenvalue weighted by Gasteiger charge is 1.85. The summed E-state index contributed by atoms with van der Waals surface area (Å²) in [6.45, 7) is 2.33. The minimum atomic E-state index is 0.0974. The van der Waals surface area contributed by atoms with Crippen molar-refractivity contribution in [2.45, 2.75) is 58.3 Å². The van der Waals surface area contributed by atoms with Gasteiger partial charge in [-0.25, -0.2) is 5.11 Å². The third-order valence-electron chi connectivity index (χ3n) is 2.16. The van der Waals surface area contributed by atoms with Gasteiger partial charge in [-0.15, -0.1) is 0 Å². The summed E-state index contributed by atoms with van der Waals surface area (Å²) in [7, 11) is 0. The maximum absolute atomic E-state index is 10.1. The fourth-order valence-corrected chi connectivity index (χ4v) is 1.29. The monoisotopic (exact) mass is 183 g/mol. The van der Waals surface area contributed by atoms with E-state index in [1.165, 1.54) is 32.1 Å². The van der Waals surface area contributed by atoms with Gasteiger partial charge in [0.05, 0.1) is 6.61 Å². The molecule has 0 aliphatic carbocycles. The van der Waals surface area contributed by atoms with Gasteiger partial charge in [0.25, 0.3) is 0 Å². The third-order valence-corrected chi connectivity index (χ3v) is 2.16. The second kappa shape index (κ2) is 11.7. The number of rotatable bonds is 9. The SMILES string of the molecule is CCCCC/C=C/CCCCC[O]. The lowest BCUT2D eigenvalue weighted by molar-refractivity contribution is 0.186. The average molecular weight is 183 g/mol. The molecule has 0 unspecified atom stereocenters. The average Bonchev–Trinajstić information content (AvgIpc) is 2.16. The lowest BCUT2D eigenvalue weighted by Crippen LogP contribution is -1.80. The molecule has 0 atom stereocenters. The Bertz CT molecular complexity index is 108. The summed E-state index contributed by atoms with van der Waals surface area (Å²) in [5.74, 6) is 0. The second-order valence-corrected chi connectivity index (χ2v) is 3.52. The molecule has 0 aromatic heterocycles. The minimum absolute atomic E-state index is 0.0974. The summed E-state index contributed by atoms with van der Waals surface area (Å²) in [6, 6.07) is 0. The van der Waals surface area contributed by atoms with Gasteiger partial charge in [-0.3, -0.25) is 0 Å². The zero-order chi connectivity index (χ0) is 9.78. The topological polar surface area (TPSA) is 19.9 Å². The molecule has 77 valence electrons. The van der Waals surface area contributed by atoms with Crippen LogP contribution in [0.5, 0.6) is 0 Å². The normalized spacial score (nSPS) is 11.2. The van der Waals surface area contributed by atoms with Crippen LogP contribution in [0.3, 0.4) is 0 Å². The number of allylic oxidation sites excluding steroid dienone is 2. The van der Waals surface area contributed by atoms with Crippen molar-refractivity contribution in [1.82, 2.24) is 0 Å². The minimum Gasteiger partial charge on any atom is -0.237 e. The van der Waals surface area contributed by atoms with Crippen LogP contribution in [-0.2, 0) is 5.11 Å². The summed E-state index contributed by atoms with van der Waals surface area (Å²) >= 11 is 0. The van der Waals surface area contributed by atoms with Gasteiger partial charge in [-0.1, -0.05) is 38.3 Å². The van der Waals surface area contributed by atoms with Gasteiger partial charge in [0, 0.05) is 0 Å². The van der Waals surface area contributed by atoms with Gasteiger partial charge in [0.15, 0.2) is 0 Å². The predicted octanol–water partition coefficient (Wildman–Crippen LogP) is 4.11. The number of hydrogen-bond donors (Lipinski definition) is 0. The van der Waals surface area contributed by atoms with Crippen molar-refractivity contribution in [3.8, 4) is 0 Å². The first kappa shape index (κ1) is 12.7. The van der Waals surface area contributed by atoms with Gasteiger partial charge >= 0.3 is 0 Å². The molecular weight excluding hydrogens is 160 g/mol. The maximum atomic E-state index is 10.1. The highest BCUT2D eigenvalue weighted by Crippen LogP contribution is 2.03. The van der Waals surface area contributed by atoms with Crippen molar-refractivity contribution < 1.29 is 5.11 Å². The summed E-state index contributed by atoms with van der Waals surface area (Å²) in [5.41, 5.74) is 0. The standard InChI is InChI=1S/C12H23O/c1-2-3-4-5-6-7-8-9-10-11-12-13/h6-7H,2-5,8-12H2,1H3/b7-6+. The van der Waals surface area contributed by atoms with E-state index in [2.05, 4.69) is 19.1 Å². The Balaban J connectivity index is 2.95. The smallest absolute Gasteiger partial charge is 0.0822 e. The van der Waals surface area contributed by atoms with E-state index in [1.54, 1.807) is 0 Å². The number of hydrogen-bond acceptors (Lipinski definition) is 0. The molecule has 0 amide bonds. The summed E-state index contributed by atoms with van der Waals surface area (Å²) in [4.78, 5) is 0. The van der Waals surface area contributed by atoms with Gasteiger partial charge < -0.3 is 0 Å². The Morgan fingerprint density at radius 2 is 1.46 bits per heavy atom. The third kappa shape index (κ3) is 11.7. The lowest BCUT2D eigenvalue weighted by atomic mass is 10.1. The van der Waals surface area contributed by atoms with Gasteiger partial charge in [0.2, 0.25) is 0 Å². The Labute approximate surface area is 82.9 Å². The maximum Gasteiger partial charge on any atom is 0.0822 e. The highest BCUT2D eigenvalue weighted by atomic mass is 16.2. The van der Waals surface area contributed by atoms with Crippen molar-refractivity contribution in [3.05, 3.63) is 12.2 Å². The van der Waals surface area contributed by atoms with Crippen molar-refractivity contribution in [2.24, 2.45) is 0 Å². The first-order chi connectivity index (χ1) is 6.41. The molecule has 0 aromatic carbocycles. The fourth-order valence-electron chi connectivity index (χ4n) is 1.29. The van der Waals surface area contributed by atoms with E-state index < -0.39 is 0 Å². The molecule has 0 aliphatic rings. The summed E-state index contributed by atoms with van der Waals surface area (Å²) < 4.78 is 0. The van der Waals surface area contributed by atoms with Crippen LogP contribution in [0, 0.1) is 0 Å². The van der Waals surface area contributed by atoms with Crippen LogP contribution in [0.15, 0.2) is 12.2 Å². The Hall–Kier alpha value is -0.300. The van der Waals surface area contributed by atoms with E-state index >= 15 is 0 Å². The molecule has 0 spiro atoms. The Morgan fingerprint density at radius 1 is 0.846 bits per heavy atom. The van der Waals surface area contributed by atoms with Gasteiger partial charge in [0.1, 0.15) is 0 Å². The van der Waals surface area contributed by atoms with Crippen molar-refractivity contribution in [1.29, 1.82) is 0 Å². The van der Waals surface area contributed by atoms with Crippen molar-refractivity contribution >= 4 is 0 Å². The molecule has 0 bridgehead atoms. The molecule has 0 N–H and O–H groups in total. The van der Waals surface area contributed by atoms with Crippen LogP contribution in [0.2, 0.25) is 0 Å². The zero-order valence-corrected chi connectivity index (χ0v) is 8.93. The molecule has 0 fully saturated rings. The van der Waals surface area contributed by atoms with Crippen LogP contribution in [0.1, 0.15) is 58.3 Å². The molecule has 0 aromatic rings. The molecule has 0 rings (SSSR count). The summed E-state index contributed by atoms with van der Waals surface area (Å²) in [6.07, 6.45) is 14.1. The van der Waals surface area contributed by atoms with Crippen molar-refractivity contribution in [3.63, 3.8) is 0 Å². The predicted molar refractivity (Wildman–Crippen MR) is 57.3 cm³/mol. The first-order valence-corrected chi connectivity index (χ1v) is 5.65. The molecule has 0 saturated carbocycles. The first-order valence-electron chi connectivity index (χ1n) is 5.65. The zero-order valence-electron chi connectivity index (χ0n) is 8.93. The van der Waals surface area contributed by atoms with E-state index in [-0.39, 0.29) is 6.61 Å². The van der Waals surface area contributed by atoms with Crippen LogP contribution < -0.4 is 0 Å². The van der Waals surface area contributed by atoms with Crippen LogP contribution in [0.4, 0.5) is 0 Å². The van der Waals surface area contributed by atoms with Crippen LogP contribution >= 0.6 is 0 Å². The molecule has 0 heterocycles. The van der Waals surface area contributed by atoms with E-state index in [0.29, 0.717) is 0 Å². The number of unbranched alkanes of at least 4 members (excludes halogenated alkanes) is 6. The Kier molecular flexibility index (Phi) is 11.4. The molecule has 1 heteroatoms. The van der Waals surface area contributed by atoms with E-state index in [9.17, 15) is 5.11 Å². The quantitative estimate of drug-likeness (QED) is 0.378. The lowest BCUT2D eigenvalue weighted by Gasteiger charge is -1.94. The van der Waals surface area contributed by atoms with E-state index in [1.807, 2.05) is 0 Å². The molecule has 1 radical (unpaired) electrons. The van der Waals surface area contributed by atoms with Crippen LogP contribution in [-0.4, -0.2) is 6.61 Å². The van der Waals surface area contributed by atoms with Crippen molar-refractivity contribution in [2.75, 3.05) is 6.61 Å². The van der Waals surface area contributed by atoms with Crippen LogP contribution in [0.25, 0.3) is 0 Å². The van der Waals surface area contributed by atoms with E-state index in [4.69, 9.17) is 0 Å². The Morgan fingerprint density at radius 3 is 2.00 bits per heavy atom. The highest BCUT2D eigenvalue weighted by molar-refractivity contribution is 4.81. The molecule has 0 aliphatic heterocycles.